The van der Waals surface area contributed by atoms with Crippen LogP contribution in [-0.4, -0.2) is 37.2 Å². The average Bonchev–Trinajstić information content (AvgIpc) is 3.00. The van der Waals surface area contributed by atoms with Crippen LogP contribution >= 0.6 is 0 Å². The highest BCUT2D eigenvalue weighted by atomic mass is 32.2. The van der Waals surface area contributed by atoms with Crippen LogP contribution in [-0.2, 0) is 19.6 Å². The van der Waals surface area contributed by atoms with Gasteiger partial charge in [0.1, 0.15) is 11.4 Å². The largest absolute Gasteiger partial charge is 0.491 e. The molecule has 0 bridgehead atoms. The van der Waals surface area contributed by atoms with Crippen molar-refractivity contribution in [2.24, 2.45) is 17.3 Å². The van der Waals surface area contributed by atoms with Crippen molar-refractivity contribution < 1.29 is 17.9 Å². The van der Waals surface area contributed by atoms with E-state index in [9.17, 15) is 13.2 Å². The number of carbonyl (C=O) groups is 1. The highest BCUT2D eigenvalue weighted by Gasteiger charge is 2.55. The third kappa shape index (κ3) is 3.11. The second-order valence-corrected chi connectivity index (χ2v) is 11.8. The Hall–Kier alpha value is -1.66. The molecule has 28 heavy (non-hydrogen) atoms. The molecule has 0 saturated carbocycles. The van der Waals surface area contributed by atoms with E-state index >= 15 is 0 Å². The Morgan fingerprint density at radius 2 is 1.68 bits per heavy atom. The molecule has 1 fully saturated rings. The molecule has 2 atom stereocenters. The minimum atomic E-state index is -3.60. The summed E-state index contributed by atoms with van der Waals surface area (Å²) in [7, 11) is -3.60. The summed E-state index contributed by atoms with van der Waals surface area (Å²) in [5.74, 6) is 0.771. The van der Waals surface area contributed by atoms with Crippen LogP contribution in [0.5, 0.6) is 0 Å². The van der Waals surface area contributed by atoms with E-state index in [1.807, 2.05) is 32.9 Å². The molecule has 3 aliphatic rings. The van der Waals surface area contributed by atoms with E-state index in [1.165, 1.54) is 0 Å². The molecule has 5 nitrogen and oxygen atoms in total. The summed E-state index contributed by atoms with van der Waals surface area (Å²) >= 11 is 0. The Balaban J connectivity index is 1.71. The number of allylic oxidation sites excluding steroid dienone is 1. The summed E-state index contributed by atoms with van der Waals surface area (Å²) in [5.41, 5.74) is 1.14. The molecular formula is C22H29NO4S. The topological polar surface area (TPSA) is 63.7 Å². The summed E-state index contributed by atoms with van der Waals surface area (Å²) in [4.78, 5) is 13.3. The van der Waals surface area contributed by atoms with Gasteiger partial charge >= 0.3 is 0 Å². The molecule has 0 amide bonds. The number of hydrogen-bond acceptors (Lipinski definition) is 4. The van der Waals surface area contributed by atoms with E-state index in [0.29, 0.717) is 24.4 Å². The van der Waals surface area contributed by atoms with Crippen LogP contribution in [0.15, 0.2) is 40.5 Å². The lowest BCUT2D eigenvalue weighted by atomic mass is 9.68. The molecule has 1 saturated heterocycles. The molecule has 1 aromatic carbocycles. The number of hydrogen-bond donors (Lipinski definition) is 0. The smallest absolute Gasteiger partial charge is 0.243 e. The van der Waals surface area contributed by atoms with Crippen LogP contribution in [0.1, 0.15) is 46.1 Å². The zero-order valence-electron chi connectivity index (χ0n) is 17.3. The second-order valence-electron chi connectivity index (χ2n) is 9.83. The minimum absolute atomic E-state index is 0.0309. The monoisotopic (exact) mass is 403 g/mol. The highest BCUT2D eigenvalue weighted by molar-refractivity contribution is 7.89. The van der Waals surface area contributed by atoms with Gasteiger partial charge in [-0.25, -0.2) is 8.42 Å². The highest BCUT2D eigenvalue weighted by Crippen LogP contribution is 2.51. The van der Waals surface area contributed by atoms with Crippen LogP contribution < -0.4 is 0 Å². The number of nitrogens with zero attached hydrogens (tertiary/aromatic N) is 1. The van der Waals surface area contributed by atoms with Crippen LogP contribution in [0.2, 0.25) is 0 Å². The van der Waals surface area contributed by atoms with E-state index in [0.717, 1.165) is 23.3 Å². The van der Waals surface area contributed by atoms with Gasteiger partial charge in [0, 0.05) is 43.3 Å². The van der Waals surface area contributed by atoms with E-state index in [2.05, 4.69) is 13.8 Å². The van der Waals surface area contributed by atoms with Gasteiger partial charge in [0.2, 0.25) is 10.0 Å². The molecule has 2 heterocycles. The Kier molecular flexibility index (Phi) is 4.33. The van der Waals surface area contributed by atoms with Crippen molar-refractivity contribution in [3.05, 3.63) is 41.2 Å². The van der Waals surface area contributed by atoms with E-state index in [-0.39, 0.29) is 23.0 Å². The molecule has 0 spiro atoms. The number of Topliss-reactive ketones (excluding diaryl/α,β-unsaturated/α-hetero) is 1. The fraction of sp³-hybridized carbons (Fsp3) is 0.591. The molecule has 6 heteroatoms. The van der Waals surface area contributed by atoms with Gasteiger partial charge in [-0.05, 0) is 38.3 Å². The number of fused-ring (bicyclic) bond motifs is 2. The molecule has 0 radical (unpaired) electrons. The van der Waals surface area contributed by atoms with Gasteiger partial charge < -0.3 is 4.74 Å². The maximum Gasteiger partial charge on any atom is 0.243 e. The standard InChI is InChI=1S/C22H29NO4S/c1-14-6-8-15(9-7-14)28(25,26)23-12-16-17(13-23)22(4,5)27-19-11-21(2,3)10-18(24)20(16)19/h6-9,16-17H,10-13H2,1-5H3/t16-,17+/m0/s1. The number of sulfonamides is 1. The third-order valence-corrected chi connectivity index (χ3v) is 8.32. The van der Waals surface area contributed by atoms with Crippen molar-refractivity contribution in [3.8, 4) is 0 Å². The molecular weight excluding hydrogens is 374 g/mol. The predicted molar refractivity (Wildman–Crippen MR) is 107 cm³/mol. The van der Waals surface area contributed by atoms with E-state index < -0.39 is 15.6 Å². The first-order chi connectivity index (χ1) is 12.9. The molecule has 152 valence electrons. The van der Waals surface area contributed by atoms with Crippen LogP contribution in [0.3, 0.4) is 0 Å². The van der Waals surface area contributed by atoms with Crippen molar-refractivity contribution in [1.82, 2.24) is 4.31 Å². The van der Waals surface area contributed by atoms with Crippen LogP contribution in [0.25, 0.3) is 0 Å². The van der Waals surface area contributed by atoms with Crippen LogP contribution in [0.4, 0.5) is 0 Å². The van der Waals surface area contributed by atoms with Crippen LogP contribution in [0, 0.1) is 24.2 Å². The summed E-state index contributed by atoms with van der Waals surface area (Å²) in [6.07, 6.45) is 1.22. The van der Waals surface area contributed by atoms with Crippen molar-refractivity contribution in [1.29, 1.82) is 0 Å². The lowest BCUT2D eigenvalue weighted by Crippen LogP contribution is -2.47. The lowest BCUT2D eigenvalue weighted by Gasteiger charge is -2.46. The molecule has 4 rings (SSSR count). The SMILES string of the molecule is Cc1ccc(S(=O)(=O)N2C[C@@H]3C4=C(CC(C)(C)CC4=O)OC(C)(C)[C@@H]3C2)cc1. The number of benzene rings is 1. The number of rotatable bonds is 2. The predicted octanol–water partition coefficient (Wildman–Crippen LogP) is 3.68. The van der Waals surface area contributed by atoms with Gasteiger partial charge in [-0.3, -0.25) is 4.79 Å². The van der Waals surface area contributed by atoms with E-state index in [1.54, 1.807) is 16.4 Å². The fourth-order valence-corrected chi connectivity index (χ4v) is 6.49. The van der Waals surface area contributed by atoms with Crippen molar-refractivity contribution in [2.45, 2.75) is 58.0 Å². The van der Waals surface area contributed by atoms with Gasteiger partial charge in [0.15, 0.2) is 5.78 Å². The first kappa shape index (κ1) is 19.6. The summed E-state index contributed by atoms with van der Waals surface area (Å²) in [5, 5.41) is 0. The van der Waals surface area contributed by atoms with Gasteiger partial charge in [-0.1, -0.05) is 31.5 Å². The molecule has 0 N–H and O–H groups in total. The molecule has 0 aromatic heterocycles. The summed E-state index contributed by atoms with van der Waals surface area (Å²) < 4.78 is 34.3. The third-order valence-electron chi connectivity index (χ3n) is 6.47. The maximum absolute atomic E-state index is 13.2. The van der Waals surface area contributed by atoms with Gasteiger partial charge in [0.25, 0.3) is 0 Å². The van der Waals surface area contributed by atoms with Gasteiger partial charge in [0.05, 0.1) is 4.90 Å². The molecule has 2 aliphatic heterocycles. The number of carbonyl (C=O) groups excluding carboxylic acids is 1. The number of ketones is 1. The van der Waals surface area contributed by atoms with E-state index in [4.69, 9.17) is 4.74 Å². The van der Waals surface area contributed by atoms with Crippen molar-refractivity contribution in [3.63, 3.8) is 0 Å². The first-order valence-electron chi connectivity index (χ1n) is 9.93. The zero-order valence-corrected chi connectivity index (χ0v) is 18.1. The fourth-order valence-electron chi connectivity index (χ4n) is 5.00. The molecule has 1 aliphatic carbocycles. The van der Waals surface area contributed by atoms with Gasteiger partial charge in [-0.2, -0.15) is 4.31 Å². The second kappa shape index (κ2) is 6.17. The number of aryl methyl sites for hydroxylation is 1. The minimum Gasteiger partial charge on any atom is -0.491 e. The van der Waals surface area contributed by atoms with Crippen molar-refractivity contribution in [2.75, 3.05) is 13.1 Å². The molecule has 0 unspecified atom stereocenters. The molecule has 1 aromatic rings. The normalized spacial score (nSPS) is 29.2. The maximum atomic E-state index is 13.2. The Morgan fingerprint density at radius 3 is 2.32 bits per heavy atom. The van der Waals surface area contributed by atoms with Crippen molar-refractivity contribution >= 4 is 15.8 Å². The summed E-state index contributed by atoms with van der Waals surface area (Å²) in [6.45, 7) is 10.9. The zero-order chi connectivity index (χ0) is 20.5. The first-order valence-corrected chi connectivity index (χ1v) is 11.4. The Bertz CT molecular complexity index is 957. The quantitative estimate of drug-likeness (QED) is 0.756. The average molecular weight is 404 g/mol. The van der Waals surface area contributed by atoms with Gasteiger partial charge in [-0.15, -0.1) is 0 Å². The summed E-state index contributed by atoms with van der Waals surface area (Å²) in [6, 6.07) is 6.95. The Morgan fingerprint density at radius 1 is 1.04 bits per heavy atom. The Labute approximate surface area is 167 Å². The number of ether oxygens (including phenoxy) is 1. The lowest BCUT2D eigenvalue weighted by molar-refractivity contribution is -0.123.